The van der Waals surface area contributed by atoms with Gasteiger partial charge in [0.1, 0.15) is 11.9 Å². The molecule has 0 aliphatic carbocycles. The third kappa shape index (κ3) is 3.37. The van der Waals surface area contributed by atoms with Crippen molar-refractivity contribution in [2.45, 2.75) is 18.9 Å². The largest absolute Gasteiger partial charge is 0.496 e. The molecule has 0 atom stereocenters. The average Bonchev–Trinajstić information content (AvgIpc) is 3.10. The van der Waals surface area contributed by atoms with Gasteiger partial charge in [-0.2, -0.15) is 0 Å². The van der Waals surface area contributed by atoms with Gasteiger partial charge in [0, 0.05) is 25.9 Å². The van der Waals surface area contributed by atoms with Gasteiger partial charge in [0.05, 0.1) is 22.9 Å². The molecule has 2 aromatic carbocycles. The zero-order valence-electron chi connectivity index (χ0n) is 14.6. The number of rotatable bonds is 4. The van der Waals surface area contributed by atoms with E-state index in [-0.39, 0.29) is 12.0 Å². The Hall–Kier alpha value is -2.60. The molecule has 0 bridgehead atoms. The fraction of sp³-hybridized carbons (Fsp3) is 0.300. The summed E-state index contributed by atoms with van der Waals surface area (Å²) >= 11 is 1.57. The van der Waals surface area contributed by atoms with Gasteiger partial charge in [0.15, 0.2) is 0 Å². The number of fused-ring (bicyclic) bond motifs is 1. The Balaban J connectivity index is 1.38. The molecule has 0 N–H and O–H groups in total. The lowest BCUT2D eigenvalue weighted by molar-refractivity contribution is 0.0592. The maximum absolute atomic E-state index is 12.8. The van der Waals surface area contributed by atoms with Crippen molar-refractivity contribution >= 4 is 27.5 Å². The molecule has 5 nitrogen and oxygen atoms in total. The molecule has 1 amide bonds. The van der Waals surface area contributed by atoms with Crippen LogP contribution >= 0.6 is 11.3 Å². The topological polar surface area (TPSA) is 51.7 Å². The van der Waals surface area contributed by atoms with Crippen molar-refractivity contribution in [1.29, 1.82) is 0 Å². The molecule has 134 valence electrons. The molecule has 4 rings (SSSR count). The van der Waals surface area contributed by atoms with E-state index in [0.29, 0.717) is 29.6 Å². The summed E-state index contributed by atoms with van der Waals surface area (Å²) in [4.78, 5) is 19.2. The summed E-state index contributed by atoms with van der Waals surface area (Å²) in [5.74, 6) is 0.631. The average molecular weight is 368 g/mol. The molecule has 6 heteroatoms. The number of thiazole rings is 1. The number of hydrogen-bond acceptors (Lipinski definition) is 5. The van der Waals surface area contributed by atoms with Crippen LogP contribution < -0.4 is 9.47 Å². The quantitative estimate of drug-likeness (QED) is 0.699. The van der Waals surface area contributed by atoms with Gasteiger partial charge in [-0.1, -0.05) is 35.6 Å². The van der Waals surface area contributed by atoms with Crippen LogP contribution in [0.3, 0.4) is 0 Å². The van der Waals surface area contributed by atoms with E-state index in [1.807, 2.05) is 53.4 Å². The Kier molecular flexibility index (Phi) is 4.75. The second-order valence-corrected chi connectivity index (χ2v) is 7.25. The summed E-state index contributed by atoms with van der Waals surface area (Å²) in [7, 11) is 1.59. The highest BCUT2D eigenvalue weighted by Gasteiger charge is 2.26. The summed E-state index contributed by atoms with van der Waals surface area (Å²) < 4.78 is 12.5. The minimum Gasteiger partial charge on any atom is -0.496 e. The molecule has 1 aliphatic heterocycles. The molecule has 1 fully saturated rings. The van der Waals surface area contributed by atoms with Gasteiger partial charge in [-0.15, -0.1) is 0 Å². The Morgan fingerprint density at radius 3 is 2.62 bits per heavy atom. The standard InChI is InChI=1S/C20H20N2O3S/c1-24-17-8-4-2-6-15(17)19(23)22-12-10-14(11-13-22)25-20-21-16-7-3-5-9-18(16)26-20/h2-9,14H,10-13H2,1H3. The summed E-state index contributed by atoms with van der Waals surface area (Å²) in [6.07, 6.45) is 1.70. The number of nitrogens with zero attached hydrogens (tertiary/aromatic N) is 2. The van der Waals surface area contributed by atoms with Crippen molar-refractivity contribution in [2.75, 3.05) is 20.2 Å². The number of benzene rings is 2. The van der Waals surface area contributed by atoms with Crippen molar-refractivity contribution in [3.63, 3.8) is 0 Å². The molecule has 0 spiro atoms. The van der Waals surface area contributed by atoms with Crippen molar-refractivity contribution in [1.82, 2.24) is 9.88 Å². The SMILES string of the molecule is COc1ccccc1C(=O)N1CCC(Oc2nc3ccccc3s2)CC1. The first-order valence-corrected chi connectivity index (χ1v) is 9.51. The van der Waals surface area contributed by atoms with Crippen molar-refractivity contribution in [3.8, 4) is 10.9 Å². The molecule has 0 saturated carbocycles. The van der Waals surface area contributed by atoms with Gasteiger partial charge in [-0.05, 0) is 24.3 Å². The van der Waals surface area contributed by atoms with Crippen LogP contribution in [0.1, 0.15) is 23.2 Å². The van der Waals surface area contributed by atoms with Gasteiger partial charge in [0.2, 0.25) is 0 Å². The Bertz CT molecular complexity index is 883. The number of hydrogen-bond donors (Lipinski definition) is 0. The van der Waals surface area contributed by atoms with Crippen molar-refractivity contribution < 1.29 is 14.3 Å². The Morgan fingerprint density at radius 1 is 1.12 bits per heavy atom. The van der Waals surface area contributed by atoms with Gasteiger partial charge < -0.3 is 14.4 Å². The van der Waals surface area contributed by atoms with E-state index in [1.54, 1.807) is 18.4 Å². The predicted molar refractivity (Wildman–Crippen MR) is 102 cm³/mol. The molecule has 2 heterocycles. The molecule has 0 radical (unpaired) electrons. The highest BCUT2D eigenvalue weighted by atomic mass is 32.1. The normalized spacial score (nSPS) is 15.2. The lowest BCUT2D eigenvalue weighted by Crippen LogP contribution is -2.41. The monoisotopic (exact) mass is 368 g/mol. The van der Waals surface area contributed by atoms with Crippen LogP contribution in [-0.4, -0.2) is 42.1 Å². The maximum atomic E-state index is 12.8. The van der Waals surface area contributed by atoms with Gasteiger partial charge in [0.25, 0.3) is 11.1 Å². The van der Waals surface area contributed by atoms with Crippen LogP contribution in [0, 0.1) is 0 Å². The number of carbonyl (C=O) groups is 1. The number of piperidine rings is 1. The minimum atomic E-state index is 0.0147. The van der Waals surface area contributed by atoms with Crippen LogP contribution in [0.4, 0.5) is 0 Å². The Labute approximate surface area is 156 Å². The van der Waals surface area contributed by atoms with E-state index >= 15 is 0 Å². The number of ether oxygens (including phenoxy) is 2. The fourth-order valence-electron chi connectivity index (χ4n) is 3.21. The minimum absolute atomic E-state index is 0.0147. The molecular formula is C20H20N2O3S. The lowest BCUT2D eigenvalue weighted by atomic mass is 10.1. The molecular weight excluding hydrogens is 348 g/mol. The highest BCUT2D eigenvalue weighted by Crippen LogP contribution is 2.30. The summed E-state index contributed by atoms with van der Waals surface area (Å²) in [5.41, 5.74) is 1.58. The molecule has 1 saturated heterocycles. The van der Waals surface area contributed by atoms with E-state index in [4.69, 9.17) is 9.47 Å². The molecule has 0 unspecified atom stereocenters. The number of carbonyl (C=O) groups excluding carboxylic acids is 1. The number of para-hydroxylation sites is 2. The van der Waals surface area contributed by atoms with Gasteiger partial charge >= 0.3 is 0 Å². The number of aromatic nitrogens is 1. The van der Waals surface area contributed by atoms with E-state index in [0.717, 1.165) is 23.1 Å². The highest BCUT2D eigenvalue weighted by molar-refractivity contribution is 7.20. The van der Waals surface area contributed by atoms with Crippen LogP contribution in [-0.2, 0) is 0 Å². The molecule has 1 aliphatic rings. The van der Waals surface area contributed by atoms with Gasteiger partial charge in [-0.25, -0.2) is 4.98 Å². The summed E-state index contributed by atoms with van der Waals surface area (Å²) in [6.45, 7) is 1.35. The second-order valence-electron chi connectivity index (χ2n) is 6.26. The molecule has 26 heavy (non-hydrogen) atoms. The van der Waals surface area contributed by atoms with Gasteiger partial charge in [-0.3, -0.25) is 4.79 Å². The fourth-order valence-corrected chi connectivity index (χ4v) is 4.09. The van der Waals surface area contributed by atoms with E-state index in [1.165, 1.54) is 0 Å². The van der Waals surface area contributed by atoms with Crippen molar-refractivity contribution in [3.05, 3.63) is 54.1 Å². The molecule has 3 aromatic rings. The smallest absolute Gasteiger partial charge is 0.274 e. The van der Waals surface area contributed by atoms with E-state index < -0.39 is 0 Å². The first-order valence-electron chi connectivity index (χ1n) is 8.69. The molecule has 1 aromatic heterocycles. The third-order valence-corrected chi connectivity index (χ3v) is 5.54. The second kappa shape index (κ2) is 7.33. The van der Waals surface area contributed by atoms with Crippen LogP contribution in [0.25, 0.3) is 10.2 Å². The number of methoxy groups -OCH3 is 1. The first-order chi connectivity index (χ1) is 12.7. The lowest BCUT2D eigenvalue weighted by Gasteiger charge is -2.31. The van der Waals surface area contributed by atoms with Crippen molar-refractivity contribution in [2.24, 2.45) is 0 Å². The number of likely N-dealkylation sites (tertiary alicyclic amines) is 1. The zero-order valence-corrected chi connectivity index (χ0v) is 15.4. The maximum Gasteiger partial charge on any atom is 0.274 e. The van der Waals surface area contributed by atoms with Crippen LogP contribution in [0.5, 0.6) is 10.9 Å². The number of amides is 1. The first kappa shape index (κ1) is 16.8. The summed E-state index contributed by atoms with van der Waals surface area (Å²) in [5, 5.41) is 0.709. The third-order valence-electron chi connectivity index (χ3n) is 4.61. The predicted octanol–water partition coefficient (Wildman–Crippen LogP) is 3.99. The van der Waals surface area contributed by atoms with Crippen LogP contribution in [0.15, 0.2) is 48.5 Å². The Morgan fingerprint density at radius 2 is 1.85 bits per heavy atom. The zero-order chi connectivity index (χ0) is 17.9. The van der Waals surface area contributed by atoms with E-state index in [9.17, 15) is 4.79 Å². The van der Waals surface area contributed by atoms with E-state index in [2.05, 4.69) is 4.98 Å². The van der Waals surface area contributed by atoms with Crippen LogP contribution in [0.2, 0.25) is 0 Å². The summed E-state index contributed by atoms with van der Waals surface area (Å²) in [6, 6.07) is 15.4.